The van der Waals surface area contributed by atoms with Gasteiger partial charge in [0.2, 0.25) is 5.91 Å². The number of halogens is 3. The van der Waals surface area contributed by atoms with Crippen molar-refractivity contribution in [1.82, 2.24) is 15.5 Å². The van der Waals surface area contributed by atoms with Crippen molar-refractivity contribution in [2.24, 2.45) is 16.6 Å². The highest BCUT2D eigenvalue weighted by Gasteiger charge is 2.29. The molecule has 1 atom stereocenters. The molecule has 1 unspecified atom stereocenters. The van der Waals surface area contributed by atoms with Crippen LogP contribution in [0.4, 0.5) is 13.2 Å². The summed E-state index contributed by atoms with van der Waals surface area (Å²) in [7, 11) is 0. The molecule has 1 aliphatic heterocycles. The van der Waals surface area contributed by atoms with Crippen LogP contribution >= 0.6 is 0 Å². The molecule has 1 heterocycles. The summed E-state index contributed by atoms with van der Waals surface area (Å²) < 4.78 is 37.9. The lowest BCUT2D eigenvalue weighted by Crippen LogP contribution is -2.43. The van der Waals surface area contributed by atoms with Crippen molar-refractivity contribution in [2.45, 2.75) is 38.9 Å². The van der Waals surface area contributed by atoms with Crippen molar-refractivity contribution in [3.63, 3.8) is 0 Å². The molecule has 1 amide bonds. The molecule has 29 heavy (non-hydrogen) atoms. The molecule has 1 aromatic carbocycles. The summed E-state index contributed by atoms with van der Waals surface area (Å²) in [6.07, 6.45) is -1.59. The highest BCUT2D eigenvalue weighted by Crippen LogP contribution is 2.29. The van der Waals surface area contributed by atoms with Gasteiger partial charge in [-0.15, -0.1) is 0 Å². The van der Waals surface area contributed by atoms with Crippen molar-refractivity contribution >= 4 is 11.9 Å². The molecule has 0 spiro atoms. The number of guanidine groups is 1. The van der Waals surface area contributed by atoms with Gasteiger partial charge < -0.3 is 21.3 Å². The van der Waals surface area contributed by atoms with Crippen LogP contribution < -0.4 is 16.4 Å². The molecule has 6 nitrogen and oxygen atoms in total. The van der Waals surface area contributed by atoms with Gasteiger partial charge in [-0.3, -0.25) is 4.79 Å². The molecule has 0 aliphatic carbocycles. The van der Waals surface area contributed by atoms with Gasteiger partial charge in [-0.1, -0.05) is 12.1 Å². The largest absolute Gasteiger partial charge is 0.416 e. The molecule has 162 valence electrons. The number of carbonyl (C=O) groups is 1. The van der Waals surface area contributed by atoms with E-state index in [9.17, 15) is 18.0 Å². The molecular weight excluding hydrogens is 383 g/mol. The summed E-state index contributed by atoms with van der Waals surface area (Å²) in [6.45, 7) is 6.20. The fraction of sp³-hybridized carbons (Fsp3) is 0.600. The minimum atomic E-state index is -4.33. The Morgan fingerprint density at radius 3 is 2.62 bits per heavy atom. The average Bonchev–Trinajstić information content (AvgIpc) is 2.69. The summed E-state index contributed by atoms with van der Waals surface area (Å²) in [4.78, 5) is 18.0. The highest BCUT2D eigenvalue weighted by atomic mass is 19.4. The molecule has 0 aromatic heterocycles. The number of rotatable bonds is 8. The Labute approximate surface area is 169 Å². The zero-order chi connectivity index (χ0) is 21.3. The van der Waals surface area contributed by atoms with Gasteiger partial charge in [0.15, 0.2) is 5.96 Å². The van der Waals surface area contributed by atoms with Crippen LogP contribution in [0.3, 0.4) is 0 Å². The number of carbonyl (C=O) groups excluding carboxylic acids is 1. The second-order valence-corrected chi connectivity index (χ2v) is 7.21. The number of likely N-dealkylation sites (tertiary alicyclic amines) is 1. The summed E-state index contributed by atoms with van der Waals surface area (Å²) in [5.74, 6) is 0.345. The Bertz CT molecular complexity index is 676. The lowest BCUT2D eigenvalue weighted by atomic mass is 9.97. The SMILES string of the molecule is CCNC(=NCc1ccc(C(F)(F)F)cc1)NCCCN1CCCC(C(N)=O)C1. The fourth-order valence-electron chi connectivity index (χ4n) is 3.31. The van der Waals surface area contributed by atoms with Crippen molar-refractivity contribution in [3.8, 4) is 0 Å². The number of alkyl halides is 3. The Morgan fingerprint density at radius 1 is 1.28 bits per heavy atom. The van der Waals surface area contributed by atoms with Gasteiger partial charge in [-0.05, 0) is 57.0 Å². The summed E-state index contributed by atoms with van der Waals surface area (Å²) in [5, 5.41) is 6.37. The predicted octanol–water partition coefficient (Wildman–Crippen LogP) is 2.35. The van der Waals surface area contributed by atoms with E-state index in [1.165, 1.54) is 12.1 Å². The van der Waals surface area contributed by atoms with Gasteiger partial charge in [0, 0.05) is 19.6 Å². The van der Waals surface area contributed by atoms with E-state index < -0.39 is 11.7 Å². The van der Waals surface area contributed by atoms with E-state index in [0.29, 0.717) is 31.2 Å². The van der Waals surface area contributed by atoms with E-state index in [2.05, 4.69) is 20.5 Å². The number of nitrogens with two attached hydrogens (primary N) is 1. The molecular formula is C20H30F3N5O. The molecule has 0 radical (unpaired) electrons. The van der Waals surface area contributed by atoms with E-state index in [4.69, 9.17) is 5.73 Å². The van der Waals surface area contributed by atoms with Crippen LogP contribution in [0.15, 0.2) is 29.3 Å². The number of aliphatic imine (C=N–C) groups is 1. The van der Waals surface area contributed by atoms with Gasteiger partial charge in [-0.25, -0.2) is 4.99 Å². The molecule has 0 saturated carbocycles. The number of nitrogens with zero attached hydrogens (tertiary/aromatic N) is 2. The van der Waals surface area contributed by atoms with Crippen LogP contribution in [0.25, 0.3) is 0 Å². The van der Waals surface area contributed by atoms with Crippen molar-refractivity contribution in [3.05, 3.63) is 35.4 Å². The molecule has 1 saturated heterocycles. The Balaban J connectivity index is 1.78. The molecule has 1 aromatic rings. The third-order valence-corrected chi connectivity index (χ3v) is 4.90. The van der Waals surface area contributed by atoms with Gasteiger partial charge in [0.05, 0.1) is 18.0 Å². The molecule has 4 N–H and O–H groups in total. The van der Waals surface area contributed by atoms with Gasteiger partial charge >= 0.3 is 6.18 Å². The number of hydrogen-bond donors (Lipinski definition) is 3. The van der Waals surface area contributed by atoms with Gasteiger partial charge in [0.25, 0.3) is 0 Å². The standard InChI is InChI=1S/C20H30F3N5O/c1-2-25-19(27-13-15-6-8-17(9-7-15)20(21,22)23)26-10-4-12-28-11-3-5-16(14-28)18(24)29/h6-9,16H,2-5,10-14H2,1H3,(H2,24,29)(H2,25,26,27). The monoisotopic (exact) mass is 413 g/mol. The Morgan fingerprint density at radius 2 is 2.00 bits per heavy atom. The second kappa shape index (κ2) is 11.0. The fourth-order valence-corrected chi connectivity index (χ4v) is 3.31. The van der Waals surface area contributed by atoms with Crippen molar-refractivity contribution < 1.29 is 18.0 Å². The first-order chi connectivity index (χ1) is 13.8. The molecule has 9 heteroatoms. The molecule has 1 fully saturated rings. The number of piperidine rings is 1. The molecule has 1 aliphatic rings. The topological polar surface area (TPSA) is 82.8 Å². The number of benzene rings is 1. The number of nitrogens with one attached hydrogen (secondary N) is 2. The minimum absolute atomic E-state index is 0.0562. The third kappa shape index (κ3) is 7.92. The quantitative estimate of drug-likeness (QED) is 0.347. The lowest BCUT2D eigenvalue weighted by molar-refractivity contribution is -0.137. The zero-order valence-electron chi connectivity index (χ0n) is 16.8. The molecule has 2 rings (SSSR count). The summed E-state index contributed by atoms with van der Waals surface area (Å²) >= 11 is 0. The van der Waals surface area contributed by atoms with Gasteiger partial charge in [0.1, 0.15) is 0 Å². The molecule has 0 bridgehead atoms. The zero-order valence-corrected chi connectivity index (χ0v) is 16.8. The van der Waals surface area contributed by atoms with Crippen LogP contribution in [0.2, 0.25) is 0 Å². The van der Waals surface area contributed by atoms with Gasteiger partial charge in [-0.2, -0.15) is 13.2 Å². The Kier molecular flexibility index (Phi) is 8.75. The first-order valence-electron chi connectivity index (χ1n) is 9.99. The third-order valence-electron chi connectivity index (χ3n) is 4.90. The van der Waals surface area contributed by atoms with Crippen LogP contribution in [0.5, 0.6) is 0 Å². The number of hydrogen-bond acceptors (Lipinski definition) is 3. The Hall–Kier alpha value is -2.29. The minimum Gasteiger partial charge on any atom is -0.369 e. The van der Waals surface area contributed by atoms with Crippen LogP contribution in [-0.4, -0.2) is 49.5 Å². The van der Waals surface area contributed by atoms with Crippen LogP contribution in [-0.2, 0) is 17.5 Å². The van der Waals surface area contributed by atoms with Crippen molar-refractivity contribution in [2.75, 3.05) is 32.7 Å². The first kappa shape index (κ1) is 23.0. The van der Waals surface area contributed by atoms with Crippen LogP contribution in [0.1, 0.15) is 37.3 Å². The lowest BCUT2D eigenvalue weighted by Gasteiger charge is -2.31. The highest BCUT2D eigenvalue weighted by molar-refractivity contribution is 5.79. The maximum Gasteiger partial charge on any atom is 0.416 e. The number of amides is 1. The van der Waals surface area contributed by atoms with Crippen LogP contribution in [0, 0.1) is 5.92 Å². The maximum absolute atomic E-state index is 12.6. The van der Waals surface area contributed by atoms with E-state index >= 15 is 0 Å². The predicted molar refractivity (Wildman–Crippen MR) is 107 cm³/mol. The summed E-state index contributed by atoms with van der Waals surface area (Å²) in [5.41, 5.74) is 5.46. The number of primary amides is 1. The average molecular weight is 413 g/mol. The van der Waals surface area contributed by atoms with Crippen molar-refractivity contribution in [1.29, 1.82) is 0 Å². The second-order valence-electron chi connectivity index (χ2n) is 7.21. The normalized spacial score (nSPS) is 18.5. The first-order valence-corrected chi connectivity index (χ1v) is 9.99. The smallest absolute Gasteiger partial charge is 0.369 e. The van der Waals surface area contributed by atoms with E-state index in [1.54, 1.807) is 0 Å². The van der Waals surface area contributed by atoms with E-state index in [0.717, 1.165) is 51.0 Å². The van der Waals surface area contributed by atoms with E-state index in [-0.39, 0.29) is 11.8 Å². The van der Waals surface area contributed by atoms with E-state index in [1.807, 2.05) is 6.92 Å². The summed E-state index contributed by atoms with van der Waals surface area (Å²) in [6, 6.07) is 5.04. The maximum atomic E-state index is 12.6.